The molecule has 7 heteroatoms. The van der Waals surface area contributed by atoms with Crippen LogP contribution in [0.3, 0.4) is 0 Å². The molecule has 0 saturated carbocycles. The molecule has 0 aliphatic carbocycles. The summed E-state index contributed by atoms with van der Waals surface area (Å²) in [5, 5.41) is 15.1. The number of carbonyl (C=O) groups is 1. The number of aliphatic carboxylic acids is 1. The summed E-state index contributed by atoms with van der Waals surface area (Å²) in [6.07, 6.45) is 1.63. The molecule has 2 heterocycles. The van der Waals surface area contributed by atoms with E-state index in [1.807, 2.05) is 19.1 Å². The first-order chi connectivity index (χ1) is 10.6. The number of rotatable bonds is 4. The van der Waals surface area contributed by atoms with Gasteiger partial charge in [-0.25, -0.2) is 4.68 Å². The zero-order valence-electron chi connectivity index (χ0n) is 11.7. The number of nitrogens with zero attached hydrogens (tertiary/aromatic N) is 3. The molecule has 1 aromatic carbocycles. The fourth-order valence-corrected chi connectivity index (χ4v) is 3.01. The highest BCUT2D eigenvalue weighted by molar-refractivity contribution is 7.12. The van der Waals surface area contributed by atoms with Crippen LogP contribution in [0, 0.1) is 6.92 Å². The molecule has 0 radical (unpaired) electrons. The molecule has 0 fully saturated rings. The quantitative estimate of drug-likeness (QED) is 0.792. The van der Waals surface area contributed by atoms with Gasteiger partial charge in [0, 0.05) is 16.1 Å². The van der Waals surface area contributed by atoms with Crippen LogP contribution in [0.25, 0.3) is 16.3 Å². The summed E-state index contributed by atoms with van der Waals surface area (Å²) in [6.45, 7) is 1.81. The van der Waals surface area contributed by atoms with E-state index in [2.05, 4.69) is 10.1 Å². The highest BCUT2D eigenvalue weighted by Gasteiger charge is 2.20. The first-order valence-corrected chi connectivity index (χ1v) is 7.77. The normalized spacial score (nSPS) is 10.8. The Morgan fingerprint density at radius 1 is 1.36 bits per heavy atom. The molecule has 3 rings (SSSR count). The zero-order valence-corrected chi connectivity index (χ0v) is 13.2. The zero-order chi connectivity index (χ0) is 15.7. The number of thiazole rings is 1. The average Bonchev–Trinajstić information content (AvgIpc) is 3.09. The number of halogens is 1. The maximum Gasteiger partial charge on any atom is 0.307 e. The first kappa shape index (κ1) is 14.7. The summed E-state index contributed by atoms with van der Waals surface area (Å²) in [5.41, 5.74) is 4.74. The van der Waals surface area contributed by atoms with Gasteiger partial charge in [0.25, 0.3) is 0 Å². The van der Waals surface area contributed by atoms with Crippen molar-refractivity contribution in [3.05, 3.63) is 52.3 Å². The van der Waals surface area contributed by atoms with Crippen LogP contribution in [-0.2, 0) is 11.2 Å². The minimum absolute atomic E-state index is 0.0808. The largest absolute Gasteiger partial charge is 0.481 e. The van der Waals surface area contributed by atoms with E-state index in [1.165, 1.54) is 11.3 Å². The Hall–Kier alpha value is -2.18. The molecule has 0 bridgehead atoms. The first-order valence-electron chi connectivity index (χ1n) is 6.51. The van der Waals surface area contributed by atoms with Gasteiger partial charge >= 0.3 is 5.97 Å². The van der Waals surface area contributed by atoms with Gasteiger partial charge in [0.1, 0.15) is 5.00 Å². The number of aryl methyl sites for hydroxylation is 1. The van der Waals surface area contributed by atoms with Crippen LogP contribution >= 0.6 is 22.9 Å². The summed E-state index contributed by atoms with van der Waals surface area (Å²) < 4.78 is 1.74. The lowest BCUT2D eigenvalue weighted by Gasteiger charge is -2.07. The van der Waals surface area contributed by atoms with E-state index in [1.54, 1.807) is 28.5 Å². The number of carboxylic acid groups (broad SMARTS) is 1. The van der Waals surface area contributed by atoms with Crippen molar-refractivity contribution in [1.29, 1.82) is 0 Å². The van der Waals surface area contributed by atoms with Gasteiger partial charge in [-0.05, 0) is 19.1 Å². The fourth-order valence-electron chi connectivity index (χ4n) is 2.30. The smallest absolute Gasteiger partial charge is 0.307 e. The van der Waals surface area contributed by atoms with E-state index >= 15 is 0 Å². The van der Waals surface area contributed by atoms with Gasteiger partial charge < -0.3 is 5.11 Å². The highest BCUT2D eigenvalue weighted by atomic mass is 35.5. The molecule has 3 aromatic rings. The topological polar surface area (TPSA) is 68.0 Å². The molecule has 0 amide bonds. The monoisotopic (exact) mass is 333 g/mol. The molecule has 0 aliphatic heterocycles. The van der Waals surface area contributed by atoms with Gasteiger partial charge in [0.2, 0.25) is 0 Å². The fraction of sp³-hybridized carbons (Fsp3) is 0.133. The lowest BCUT2D eigenvalue weighted by Crippen LogP contribution is -2.03. The van der Waals surface area contributed by atoms with Crippen molar-refractivity contribution in [2.75, 3.05) is 0 Å². The number of carboxylic acids is 1. The Labute approximate surface area is 135 Å². The Morgan fingerprint density at radius 2 is 2.09 bits per heavy atom. The maximum atomic E-state index is 11.2. The number of aromatic nitrogens is 3. The summed E-state index contributed by atoms with van der Waals surface area (Å²) in [4.78, 5) is 15.3. The minimum atomic E-state index is -0.887. The summed E-state index contributed by atoms with van der Waals surface area (Å²) in [6, 6.07) is 7.28. The number of hydrogen-bond donors (Lipinski definition) is 1. The lowest BCUT2D eigenvalue weighted by molar-refractivity contribution is -0.136. The van der Waals surface area contributed by atoms with Gasteiger partial charge in [-0.3, -0.25) is 9.78 Å². The second-order valence-electron chi connectivity index (χ2n) is 4.74. The molecule has 0 saturated heterocycles. The molecule has 22 heavy (non-hydrogen) atoms. The predicted molar refractivity (Wildman–Crippen MR) is 85.8 cm³/mol. The third-order valence-electron chi connectivity index (χ3n) is 3.26. The molecule has 5 nitrogen and oxygen atoms in total. The molecular formula is C15H12ClN3O2S. The van der Waals surface area contributed by atoms with Crippen LogP contribution in [0.5, 0.6) is 0 Å². The van der Waals surface area contributed by atoms with E-state index in [4.69, 9.17) is 11.6 Å². The number of benzene rings is 1. The van der Waals surface area contributed by atoms with Crippen molar-refractivity contribution in [3.63, 3.8) is 0 Å². The maximum absolute atomic E-state index is 11.2. The van der Waals surface area contributed by atoms with Crippen LogP contribution in [0.15, 0.2) is 36.0 Å². The van der Waals surface area contributed by atoms with Crippen molar-refractivity contribution < 1.29 is 9.90 Å². The third kappa shape index (κ3) is 2.75. The lowest BCUT2D eigenvalue weighted by atomic mass is 10.0. The van der Waals surface area contributed by atoms with Crippen LogP contribution in [0.4, 0.5) is 0 Å². The molecule has 112 valence electrons. The highest BCUT2D eigenvalue weighted by Crippen LogP contribution is 2.31. The van der Waals surface area contributed by atoms with E-state index in [9.17, 15) is 9.90 Å². The van der Waals surface area contributed by atoms with Gasteiger partial charge in [-0.2, -0.15) is 5.10 Å². The molecular weight excluding hydrogens is 322 g/mol. The Bertz CT molecular complexity index is 810. The van der Waals surface area contributed by atoms with E-state index in [0.717, 1.165) is 16.3 Å². The summed E-state index contributed by atoms with van der Waals surface area (Å²) in [7, 11) is 0. The Kier molecular flexibility index (Phi) is 3.96. The molecule has 0 aliphatic rings. The average molecular weight is 334 g/mol. The van der Waals surface area contributed by atoms with Crippen molar-refractivity contribution in [1.82, 2.24) is 14.8 Å². The van der Waals surface area contributed by atoms with Gasteiger partial charge in [0.05, 0.1) is 29.5 Å². The van der Waals surface area contributed by atoms with Crippen LogP contribution < -0.4 is 0 Å². The molecule has 2 aromatic heterocycles. The third-order valence-corrected chi connectivity index (χ3v) is 4.26. The van der Waals surface area contributed by atoms with Crippen LogP contribution in [0.2, 0.25) is 5.02 Å². The molecule has 1 N–H and O–H groups in total. The minimum Gasteiger partial charge on any atom is -0.481 e. The standard InChI is InChI=1S/C15H12ClN3O2S/c1-9-12(6-14(20)21)15(10-2-4-11(16)5-3-10)19(18-9)13-7-17-8-22-13/h2-5,7-8H,6H2,1H3,(H,20,21). The van der Waals surface area contributed by atoms with Crippen LogP contribution in [0.1, 0.15) is 11.3 Å². The second-order valence-corrected chi connectivity index (χ2v) is 6.04. The van der Waals surface area contributed by atoms with Gasteiger partial charge in [0.15, 0.2) is 0 Å². The van der Waals surface area contributed by atoms with Crippen molar-refractivity contribution in [3.8, 4) is 16.3 Å². The van der Waals surface area contributed by atoms with E-state index < -0.39 is 5.97 Å². The van der Waals surface area contributed by atoms with Gasteiger partial charge in [-0.15, -0.1) is 11.3 Å². The van der Waals surface area contributed by atoms with E-state index in [-0.39, 0.29) is 6.42 Å². The van der Waals surface area contributed by atoms with Crippen molar-refractivity contribution in [2.24, 2.45) is 0 Å². The Balaban J connectivity index is 2.23. The predicted octanol–water partition coefficient (Wildman–Crippen LogP) is 3.58. The summed E-state index contributed by atoms with van der Waals surface area (Å²) in [5.74, 6) is -0.887. The van der Waals surface area contributed by atoms with Crippen molar-refractivity contribution in [2.45, 2.75) is 13.3 Å². The number of hydrogen-bond acceptors (Lipinski definition) is 4. The Morgan fingerprint density at radius 3 is 2.68 bits per heavy atom. The second kappa shape index (κ2) is 5.90. The summed E-state index contributed by atoms with van der Waals surface area (Å²) >= 11 is 7.39. The van der Waals surface area contributed by atoms with Crippen LogP contribution in [-0.4, -0.2) is 25.8 Å². The molecule has 0 atom stereocenters. The van der Waals surface area contributed by atoms with E-state index in [0.29, 0.717) is 16.3 Å². The van der Waals surface area contributed by atoms with Gasteiger partial charge in [-0.1, -0.05) is 23.7 Å². The molecule has 0 spiro atoms. The SMILES string of the molecule is Cc1nn(-c2cncs2)c(-c2ccc(Cl)cc2)c1CC(=O)O. The molecule has 0 unspecified atom stereocenters. The van der Waals surface area contributed by atoms with Crippen molar-refractivity contribution >= 4 is 28.9 Å².